The van der Waals surface area contributed by atoms with Gasteiger partial charge >= 0.3 is 0 Å². The van der Waals surface area contributed by atoms with Crippen LogP contribution in [-0.2, 0) is 6.54 Å². The lowest BCUT2D eigenvalue weighted by molar-refractivity contribution is 0.292. The Balaban J connectivity index is 0.00000392. The van der Waals surface area contributed by atoms with E-state index in [-0.39, 0.29) is 24.0 Å². The molecule has 28 heavy (non-hydrogen) atoms. The number of nitrogens with zero attached hydrogens (tertiary/aromatic N) is 5. The van der Waals surface area contributed by atoms with E-state index in [2.05, 4.69) is 51.5 Å². The Hall–Kier alpha value is -1.68. The van der Waals surface area contributed by atoms with Crippen molar-refractivity contribution in [1.82, 2.24) is 30.3 Å². The first-order valence-electron chi connectivity index (χ1n) is 9.81. The van der Waals surface area contributed by atoms with Crippen molar-refractivity contribution in [3.05, 3.63) is 42.5 Å². The van der Waals surface area contributed by atoms with Crippen molar-refractivity contribution in [3.63, 3.8) is 0 Å². The van der Waals surface area contributed by atoms with E-state index >= 15 is 0 Å². The highest BCUT2D eigenvalue weighted by molar-refractivity contribution is 14.0. The van der Waals surface area contributed by atoms with Gasteiger partial charge in [0.15, 0.2) is 11.8 Å². The van der Waals surface area contributed by atoms with Crippen LogP contribution in [0.4, 0.5) is 0 Å². The Bertz CT molecular complexity index is 683. The molecule has 7 nitrogen and oxygen atoms in total. The van der Waals surface area contributed by atoms with Crippen molar-refractivity contribution < 1.29 is 0 Å². The van der Waals surface area contributed by atoms with E-state index in [0.717, 1.165) is 43.5 Å². The molecule has 1 atom stereocenters. The Morgan fingerprint density at radius 1 is 1.21 bits per heavy atom. The average Bonchev–Trinajstić information content (AvgIpc) is 3.17. The van der Waals surface area contributed by atoms with E-state index in [4.69, 9.17) is 0 Å². The van der Waals surface area contributed by atoms with Gasteiger partial charge in [0.2, 0.25) is 0 Å². The third kappa shape index (κ3) is 7.75. The van der Waals surface area contributed by atoms with Crippen LogP contribution in [-0.4, -0.2) is 58.3 Å². The summed E-state index contributed by atoms with van der Waals surface area (Å²) in [5.74, 6) is 1.63. The van der Waals surface area contributed by atoms with Crippen LogP contribution in [0, 0.1) is 0 Å². The van der Waals surface area contributed by atoms with E-state index in [0.29, 0.717) is 12.6 Å². The number of hydrogen-bond acceptors (Lipinski definition) is 4. The molecule has 0 saturated heterocycles. The Morgan fingerprint density at radius 3 is 2.57 bits per heavy atom. The molecule has 0 amide bonds. The van der Waals surface area contributed by atoms with Gasteiger partial charge in [0, 0.05) is 18.8 Å². The fourth-order valence-electron chi connectivity index (χ4n) is 3.01. The van der Waals surface area contributed by atoms with Gasteiger partial charge in [-0.15, -0.1) is 34.2 Å². The molecule has 0 bridgehead atoms. The van der Waals surface area contributed by atoms with Crippen LogP contribution in [0.5, 0.6) is 0 Å². The zero-order valence-corrected chi connectivity index (χ0v) is 19.8. The first kappa shape index (κ1) is 24.4. The number of aromatic nitrogens is 3. The van der Waals surface area contributed by atoms with Crippen molar-refractivity contribution >= 4 is 29.9 Å². The smallest absolute Gasteiger partial charge is 0.191 e. The van der Waals surface area contributed by atoms with Gasteiger partial charge in [-0.25, -0.2) is 0 Å². The van der Waals surface area contributed by atoms with Gasteiger partial charge in [0.25, 0.3) is 0 Å². The van der Waals surface area contributed by atoms with E-state index in [1.807, 2.05) is 34.9 Å². The average molecular weight is 499 g/mol. The van der Waals surface area contributed by atoms with Crippen molar-refractivity contribution in [3.8, 4) is 5.69 Å². The van der Waals surface area contributed by atoms with Crippen molar-refractivity contribution in [2.45, 2.75) is 46.2 Å². The van der Waals surface area contributed by atoms with Gasteiger partial charge in [-0.05, 0) is 51.5 Å². The molecule has 0 saturated carbocycles. The fraction of sp³-hybridized carbons (Fsp3) is 0.550. The molecule has 0 aliphatic carbocycles. The topological polar surface area (TPSA) is 70.4 Å². The lowest BCUT2D eigenvalue weighted by Crippen LogP contribution is -2.42. The van der Waals surface area contributed by atoms with Crippen molar-refractivity contribution in [2.24, 2.45) is 4.99 Å². The summed E-state index contributed by atoms with van der Waals surface area (Å²) in [7, 11) is 1.79. The predicted octanol–water partition coefficient (Wildman–Crippen LogP) is 3.06. The predicted molar refractivity (Wildman–Crippen MR) is 127 cm³/mol. The largest absolute Gasteiger partial charge is 0.354 e. The molecule has 8 heteroatoms. The molecule has 2 rings (SSSR count). The number of hydrogen-bond donors (Lipinski definition) is 2. The zero-order valence-electron chi connectivity index (χ0n) is 17.4. The van der Waals surface area contributed by atoms with E-state index in [1.54, 1.807) is 13.4 Å². The number of aliphatic imine (C=N–C) groups is 1. The molecule has 0 aliphatic heterocycles. The molecule has 0 radical (unpaired) electrons. The molecule has 1 aromatic heterocycles. The second-order valence-corrected chi connectivity index (χ2v) is 6.59. The highest BCUT2D eigenvalue weighted by Crippen LogP contribution is 2.08. The minimum Gasteiger partial charge on any atom is -0.354 e. The van der Waals surface area contributed by atoms with Crippen molar-refractivity contribution in [1.29, 1.82) is 0 Å². The number of nitrogens with one attached hydrogen (secondary N) is 2. The minimum atomic E-state index is 0. The first-order valence-corrected chi connectivity index (χ1v) is 9.81. The highest BCUT2D eigenvalue weighted by atomic mass is 127. The van der Waals surface area contributed by atoms with Gasteiger partial charge in [-0.3, -0.25) is 9.56 Å². The number of para-hydroxylation sites is 1. The molecular weight excluding hydrogens is 465 g/mol. The normalized spacial score (nSPS) is 12.5. The molecule has 0 fully saturated rings. The second kappa shape index (κ2) is 13.5. The molecule has 2 N–H and O–H groups in total. The second-order valence-electron chi connectivity index (χ2n) is 6.59. The monoisotopic (exact) mass is 499 g/mol. The van der Waals surface area contributed by atoms with Gasteiger partial charge < -0.3 is 15.5 Å². The summed E-state index contributed by atoms with van der Waals surface area (Å²) in [5, 5.41) is 15.1. The third-order valence-electron chi connectivity index (χ3n) is 4.68. The standard InChI is InChI=1S/C20H33N7.HI/c1-5-26(6-2)14-10-11-17(3)24-20(21-4)22-15-19-25-23-16-27(19)18-12-8-7-9-13-18;/h7-9,12-13,16-17H,5-6,10-11,14-15H2,1-4H3,(H2,21,22,24);1H. The van der Waals surface area contributed by atoms with Crippen LogP contribution in [0.15, 0.2) is 41.7 Å². The van der Waals surface area contributed by atoms with Gasteiger partial charge in [-0.2, -0.15) is 0 Å². The van der Waals surface area contributed by atoms with E-state index < -0.39 is 0 Å². The summed E-state index contributed by atoms with van der Waals surface area (Å²) < 4.78 is 1.98. The number of benzene rings is 1. The molecule has 1 aromatic carbocycles. The Labute approximate surface area is 186 Å². The maximum Gasteiger partial charge on any atom is 0.191 e. The Morgan fingerprint density at radius 2 is 1.93 bits per heavy atom. The van der Waals surface area contributed by atoms with Crippen LogP contribution < -0.4 is 10.6 Å². The van der Waals surface area contributed by atoms with Gasteiger partial charge in [-0.1, -0.05) is 32.0 Å². The molecule has 2 aromatic rings. The minimum absolute atomic E-state index is 0. The summed E-state index contributed by atoms with van der Waals surface area (Å²) in [5.41, 5.74) is 1.05. The SMILES string of the molecule is CCN(CC)CCCC(C)NC(=NC)NCc1nncn1-c1ccccc1.I. The molecular formula is C20H34IN7. The lowest BCUT2D eigenvalue weighted by atomic mass is 10.2. The van der Waals surface area contributed by atoms with E-state index in [1.165, 1.54) is 6.42 Å². The number of halogens is 1. The van der Waals surface area contributed by atoms with E-state index in [9.17, 15) is 0 Å². The zero-order chi connectivity index (χ0) is 19.5. The third-order valence-corrected chi connectivity index (χ3v) is 4.68. The quantitative estimate of drug-likeness (QED) is 0.299. The lowest BCUT2D eigenvalue weighted by Gasteiger charge is -2.21. The molecule has 1 unspecified atom stereocenters. The molecule has 156 valence electrons. The van der Waals surface area contributed by atoms with Crippen molar-refractivity contribution in [2.75, 3.05) is 26.7 Å². The summed E-state index contributed by atoms with van der Waals surface area (Å²) >= 11 is 0. The summed E-state index contributed by atoms with van der Waals surface area (Å²) in [6, 6.07) is 10.5. The molecule has 0 spiro atoms. The summed E-state index contributed by atoms with van der Waals surface area (Å²) in [4.78, 5) is 6.79. The number of rotatable bonds is 10. The fourth-order valence-corrected chi connectivity index (χ4v) is 3.01. The van der Waals surface area contributed by atoms with Crippen LogP contribution >= 0.6 is 24.0 Å². The maximum absolute atomic E-state index is 4.33. The molecule has 1 heterocycles. The Kier molecular flexibility index (Phi) is 11.7. The highest BCUT2D eigenvalue weighted by Gasteiger charge is 2.09. The van der Waals surface area contributed by atoms with Crippen LogP contribution in [0.25, 0.3) is 5.69 Å². The summed E-state index contributed by atoms with van der Waals surface area (Å²) in [6.45, 7) is 10.6. The van der Waals surface area contributed by atoms with Crippen LogP contribution in [0.2, 0.25) is 0 Å². The van der Waals surface area contributed by atoms with Crippen LogP contribution in [0.3, 0.4) is 0 Å². The van der Waals surface area contributed by atoms with Gasteiger partial charge in [0.1, 0.15) is 6.33 Å². The van der Waals surface area contributed by atoms with Gasteiger partial charge in [0.05, 0.1) is 6.54 Å². The first-order chi connectivity index (χ1) is 13.2. The van der Waals surface area contributed by atoms with Crippen LogP contribution in [0.1, 0.15) is 39.4 Å². The maximum atomic E-state index is 4.33. The number of guanidine groups is 1. The molecule has 0 aliphatic rings. The summed E-state index contributed by atoms with van der Waals surface area (Å²) in [6.07, 6.45) is 4.02.